The van der Waals surface area contributed by atoms with Crippen LogP contribution in [0.5, 0.6) is 0 Å². The highest BCUT2D eigenvalue weighted by Gasteiger charge is 2.13. The number of hydrogen-bond donors (Lipinski definition) is 1. The van der Waals surface area contributed by atoms with Crippen molar-refractivity contribution in [2.45, 2.75) is 19.4 Å². The molecule has 1 atom stereocenters. The molecule has 0 aliphatic heterocycles. The highest BCUT2D eigenvalue weighted by molar-refractivity contribution is 5.99. The van der Waals surface area contributed by atoms with Gasteiger partial charge >= 0.3 is 0 Å². The van der Waals surface area contributed by atoms with Crippen LogP contribution in [0.25, 0.3) is 0 Å². The lowest BCUT2D eigenvalue weighted by Gasteiger charge is -2.07. The molecular weight excluding hydrogens is 176 g/mol. The van der Waals surface area contributed by atoms with Crippen molar-refractivity contribution < 1.29 is 4.79 Å². The average molecular weight is 190 g/mol. The van der Waals surface area contributed by atoms with Crippen LogP contribution in [0.2, 0.25) is 0 Å². The first-order valence-electron chi connectivity index (χ1n) is 4.48. The molecule has 74 valence electrons. The van der Waals surface area contributed by atoms with Crippen LogP contribution in [0.15, 0.2) is 31.0 Å². The Kier molecular flexibility index (Phi) is 3.54. The molecule has 1 heterocycles. The van der Waals surface area contributed by atoms with Gasteiger partial charge in [0.05, 0.1) is 6.04 Å². The van der Waals surface area contributed by atoms with Gasteiger partial charge in [-0.3, -0.25) is 9.78 Å². The summed E-state index contributed by atoms with van der Waals surface area (Å²) in [6, 6.07) is 3.04. The smallest absolute Gasteiger partial charge is 0.181 e. The van der Waals surface area contributed by atoms with Crippen LogP contribution in [0.4, 0.5) is 0 Å². The van der Waals surface area contributed by atoms with Crippen LogP contribution >= 0.6 is 0 Å². The molecule has 0 aliphatic carbocycles. The lowest BCUT2D eigenvalue weighted by Crippen LogP contribution is -2.29. The molecule has 3 heteroatoms. The van der Waals surface area contributed by atoms with Gasteiger partial charge in [0.2, 0.25) is 0 Å². The summed E-state index contributed by atoms with van der Waals surface area (Å²) in [6.07, 6.45) is 3.69. The fourth-order valence-corrected chi connectivity index (χ4v) is 1.11. The Balaban J connectivity index is 2.78. The van der Waals surface area contributed by atoms with E-state index in [1.54, 1.807) is 24.4 Å². The molecule has 1 rings (SSSR count). The van der Waals surface area contributed by atoms with E-state index in [1.165, 1.54) is 0 Å². The molecule has 0 bridgehead atoms. The number of carbonyl (C=O) groups excluding carboxylic acids is 1. The van der Waals surface area contributed by atoms with Crippen molar-refractivity contribution in [1.29, 1.82) is 0 Å². The van der Waals surface area contributed by atoms with E-state index < -0.39 is 6.04 Å². The van der Waals surface area contributed by atoms with Crippen LogP contribution < -0.4 is 5.73 Å². The summed E-state index contributed by atoms with van der Waals surface area (Å²) >= 11 is 0. The Hall–Kier alpha value is -1.48. The molecule has 0 radical (unpaired) electrons. The number of hydrogen-bond acceptors (Lipinski definition) is 3. The molecule has 1 aromatic rings. The number of aryl methyl sites for hydroxylation is 1. The minimum Gasteiger partial charge on any atom is -0.321 e. The number of ketones is 1. The molecule has 0 spiro atoms. The van der Waals surface area contributed by atoms with E-state index in [0.717, 1.165) is 5.69 Å². The zero-order valence-electron chi connectivity index (χ0n) is 8.23. The van der Waals surface area contributed by atoms with Crippen LogP contribution in [0.1, 0.15) is 22.5 Å². The number of rotatable bonds is 4. The van der Waals surface area contributed by atoms with Gasteiger partial charge in [-0.1, -0.05) is 6.08 Å². The topological polar surface area (TPSA) is 56.0 Å². The second-order valence-corrected chi connectivity index (χ2v) is 3.18. The molecule has 0 saturated heterocycles. The van der Waals surface area contributed by atoms with E-state index in [4.69, 9.17) is 5.73 Å². The molecule has 2 N–H and O–H groups in total. The maximum atomic E-state index is 11.6. The zero-order chi connectivity index (χ0) is 10.6. The van der Waals surface area contributed by atoms with Crippen LogP contribution in [0.3, 0.4) is 0 Å². The first-order chi connectivity index (χ1) is 6.65. The van der Waals surface area contributed by atoms with Gasteiger partial charge in [-0.05, 0) is 25.5 Å². The maximum absolute atomic E-state index is 11.6. The lowest BCUT2D eigenvalue weighted by atomic mass is 10.0. The Morgan fingerprint density at radius 2 is 2.43 bits per heavy atom. The minimum absolute atomic E-state index is 0.0857. The second kappa shape index (κ2) is 4.67. The molecule has 3 nitrogen and oxygen atoms in total. The van der Waals surface area contributed by atoms with E-state index in [2.05, 4.69) is 11.6 Å². The third kappa shape index (κ3) is 2.50. The van der Waals surface area contributed by atoms with E-state index in [0.29, 0.717) is 12.0 Å². The predicted molar refractivity (Wildman–Crippen MR) is 56.1 cm³/mol. The molecule has 1 aromatic heterocycles. The van der Waals surface area contributed by atoms with Crippen molar-refractivity contribution in [3.8, 4) is 0 Å². The normalized spacial score (nSPS) is 12.1. The van der Waals surface area contributed by atoms with Crippen molar-refractivity contribution in [3.05, 3.63) is 42.2 Å². The molecule has 0 amide bonds. The SMILES string of the molecule is C=CCC(N)C(=O)c1ccc(C)nc1. The fourth-order valence-electron chi connectivity index (χ4n) is 1.11. The summed E-state index contributed by atoms with van der Waals surface area (Å²) < 4.78 is 0. The van der Waals surface area contributed by atoms with Gasteiger partial charge in [-0.2, -0.15) is 0 Å². The molecule has 14 heavy (non-hydrogen) atoms. The Morgan fingerprint density at radius 1 is 1.71 bits per heavy atom. The maximum Gasteiger partial charge on any atom is 0.181 e. The second-order valence-electron chi connectivity index (χ2n) is 3.18. The molecule has 0 aliphatic rings. The summed E-state index contributed by atoms with van der Waals surface area (Å²) in [5.74, 6) is -0.0857. The highest BCUT2D eigenvalue weighted by Crippen LogP contribution is 2.04. The van der Waals surface area contributed by atoms with E-state index in [-0.39, 0.29) is 5.78 Å². The third-order valence-corrected chi connectivity index (χ3v) is 1.95. The molecular formula is C11H14N2O. The summed E-state index contributed by atoms with van der Waals surface area (Å²) in [6.45, 7) is 5.42. The van der Waals surface area contributed by atoms with Crippen LogP contribution in [0, 0.1) is 6.92 Å². The van der Waals surface area contributed by atoms with Crippen LogP contribution in [-0.4, -0.2) is 16.8 Å². The number of carbonyl (C=O) groups is 1. The van der Waals surface area contributed by atoms with Crippen molar-refractivity contribution in [2.24, 2.45) is 5.73 Å². The van der Waals surface area contributed by atoms with Gasteiger partial charge in [-0.15, -0.1) is 6.58 Å². The van der Waals surface area contributed by atoms with E-state index in [1.807, 2.05) is 6.92 Å². The van der Waals surface area contributed by atoms with Crippen LogP contribution in [-0.2, 0) is 0 Å². The Labute approximate surface area is 83.7 Å². The van der Waals surface area contributed by atoms with Crippen molar-refractivity contribution in [1.82, 2.24) is 4.98 Å². The summed E-state index contributed by atoms with van der Waals surface area (Å²) in [7, 11) is 0. The number of aromatic nitrogens is 1. The third-order valence-electron chi connectivity index (χ3n) is 1.95. The van der Waals surface area contributed by atoms with Crippen molar-refractivity contribution >= 4 is 5.78 Å². The molecule has 1 unspecified atom stereocenters. The average Bonchev–Trinajstić information content (AvgIpc) is 2.18. The fraction of sp³-hybridized carbons (Fsp3) is 0.273. The molecule has 0 saturated carbocycles. The first-order valence-corrected chi connectivity index (χ1v) is 4.48. The van der Waals surface area contributed by atoms with Gasteiger partial charge in [0.1, 0.15) is 0 Å². The molecule has 0 fully saturated rings. The highest BCUT2D eigenvalue weighted by atomic mass is 16.1. The zero-order valence-corrected chi connectivity index (χ0v) is 8.23. The van der Waals surface area contributed by atoms with Gasteiger partial charge in [-0.25, -0.2) is 0 Å². The molecule has 0 aromatic carbocycles. The predicted octanol–water partition coefficient (Wildman–Crippen LogP) is 1.48. The van der Waals surface area contributed by atoms with Crippen molar-refractivity contribution in [2.75, 3.05) is 0 Å². The lowest BCUT2D eigenvalue weighted by molar-refractivity contribution is 0.0961. The standard InChI is InChI=1S/C11H14N2O/c1-3-4-10(12)11(14)9-6-5-8(2)13-7-9/h3,5-7,10H,1,4,12H2,2H3. The Morgan fingerprint density at radius 3 is 2.93 bits per heavy atom. The quantitative estimate of drug-likeness (QED) is 0.578. The van der Waals surface area contributed by atoms with Gasteiger partial charge < -0.3 is 5.73 Å². The minimum atomic E-state index is -0.503. The van der Waals surface area contributed by atoms with Gasteiger partial charge in [0, 0.05) is 17.5 Å². The largest absolute Gasteiger partial charge is 0.321 e. The summed E-state index contributed by atoms with van der Waals surface area (Å²) in [4.78, 5) is 15.7. The Bertz CT molecular complexity index is 330. The number of pyridine rings is 1. The number of Topliss-reactive ketones (excluding diaryl/α,β-unsaturated/α-hetero) is 1. The number of nitrogens with zero attached hydrogens (tertiary/aromatic N) is 1. The van der Waals surface area contributed by atoms with E-state index >= 15 is 0 Å². The van der Waals surface area contributed by atoms with Crippen molar-refractivity contribution in [3.63, 3.8) is 0 Å². The van der Waals surface area contributed by atoms with E-state index in [9.17, 15) is 4.79 Å². The monoisotopic (exact) mass is 190 g/mol. The van der Waals surface area contributed by atoms with Gasteiger partial charge in [0.25, 0.3) is 0 Å². The first kappa shape index (κ1) is 10.6. The van der Waals surface area contributed by atoms with Gasteiger partial charge in [0.15, 0.2) is 5.78 Å². The summed E-state index contributed by atoms with van der Waals surface area (Å²) in [5, 5.41) is 0. The summed E-state index contributed by atoms with van der Waals surface area (Å²) in [5.41, 5.74) is 7.10. The number of nitrogens with two attached hydrogens (primary N) is 1.